The summed E-state index contributed by atoms with van der Waals surface area (Å²) in [5.41, 5.74) is 8.55. The summed E-state index contributed by atoms with van der Waals surface area (Å²) in [7, 11) is 0. The fourth-order valence-corrected chi connectivity index (χ4v) is 2.11. The van der Waals surface area contributed by atoms with E-state index in [0.717, 1.165) is 17.7 Å². The molecule has 110 valence electrons. The van der Waals surface area contributed by atoms with Gasteiger partial charge in [0, 0.05) is 6.20 Å². The van der Waals surface area contributed by atoms with Gasteiger partial charge in [-0.15, -0.1) is 0 Å². The Hall–Kier alpha value is -1.94. The van der Waals surface area contributed by atoms with Gasteiger partial charge < -0.3 is 10.5 Å². The Balaban J connectivity index is 1.93. The molecule has 0 aliphatic carbocycles. The molecule has 2 N–H and O–H groups in total. The van der Waals surface area contributed by atoms with E-state index in [9.17, 15) is 0 Å². The van der Waals surface area contributed by atoms with Crippen LogP contribution in [-0.2, 0) is 13.0 Å². The zero-order chi connectivity index (χ0) is 15.1. The second kappa shape index (κ2) is 7.74. The molecule has 2 aromatic rings. The lowest BCUT2D eigenvalue weighted by molar-refractivity contribution is 0.306. The largest absolute Gasteiger partial charge is 0.489 e. The SMILES string of the molecule is CCCCc1ccc(OCc2ccnc(C(N)=S)c2)cc1. The highest BCUT2D eigenvalue weighted by Gasteiger charge is 2.01. The Bertz CT molecular complexity index is 596. The van der Waals surface area contributed by atoms with Crippen molar-refractivity contribution in [3.63, 3.8) is 0 Å². The van der Waals surface area contributed by atoms with Crippen LogP contribution < -0.4 is 10.5 Å². The van der Waals surface area contributed by atoms with Crippen LogP contribution in [0.1, 0.15) is 36.6 Å². The number of nitrogens with zero attached hydrogens (tertiary/aromatic N) is 1. The van der Waals surface area contributed by atoms with Gasteiger partial charge in [0.25, 0.3) is 0 Å². The van der Waals surface area contributed by atoms with Crippen molar-refractivity contribution >= 4 is 17.2 Å². The molecular weight excluding hydrogens is 280 g/mol. The van der Waals surface area contributed by atoms with E-state index < -0.39 is 0 Å². The number of rotatable bonds is 7. The molecule has 0 spiro atoms. The number of unbranched alkanes of at least 4 members (excludes halogenated alkanes) is 1. The van der Waals surface area contributed by atoms with E-state index in [-0.39, 0.29) is 0 Å². The van der Waals surface area contributed by atoms with E-state index in [1.54, 1.807) is 6.20 Å². The number of hydrogen-bond acceptors (Lipinski definition) is 3. The third-order valence-electron chi connectivity index (χ3n) is 3.22. The van der Waals surface area contributed by atoms with Crippen LogP contribution in [0.15, 0.2) is 42.6 Å². The van der Waals surface area contributed by atoms with Gasteiger partial charge in [0.2, 0.25) is 0 Å². The molecule has 0 bridgehead atoms. The Morgan fingerprint density at radius 2 is 1.95 bits per heavy atom. The van der Waals surface area contributed by atoms with Crippen molar-refractivity contribution in [1.82, 2.24) is 4.98 Å². The molecule has 0 fully saturated rings. The number of aryl methyl sites for hydroxylation is 1. The summed E-state index contributed by atoms with van der Waals surface area (Å²) in [6, 6.07) is 12.0. The standard InChI is InChI=1S/C17H20N2OS/c1-2-3-4-13-5-7-15(8-6-13)20-12-14-9-10-19-16(11-14)17(18)21/h5-11H,2-4,12H2,1H3,(H2,18,21). The zero-order valence-electron chi connectivity index (χ0n) is 12.2. The third kappa shape index (κ3) is 4.83. The summed E-state index contributed by atoms with van der Waals surface area (Å²) < 4.78 is 5.77. The number of aromatic nitrogens is 1. The van der Waals surface area contributed by atoms with Gasteiger partial charge in [-0.05, 0) is 48.2 Å². The van der Waals surface area contributed by atoms with E-state index in [4.69, 9.17) is 22.7 Å². The van der Waals surface area contributed by atoms with Crippen molar-refractivity contribution < 1.29 is 4.74 Å². The molecule has 1 heterocycles. The van der Waals surface area contributed by atoms with Gasteiger partial charge in [0.1, 0.15) is 17.3 Å². The minimum absolute atomic E-state index is 0.303. The van der Waals surface area contributed by atoms with Crippen LogP contribution in [0.25, 0.3) is 0 Å². The first kappa shape index (κ1) is 15.4. The monoisotopic (exact) mass is 300 g/mol. The second-order valence-electron chi connectivity index (χ2n) is 4.95. The fourth-order valence-electron chi connectivity index (χ4n) is 2.00. The average molecular weight is 300 g/mol. The Kier molecular flexibility index (Phi) is 5.69. The van der Waals surface area contributed by atoms with Gasteiger partial charge in [-0.1, -0.05) is 37.7 Å². The Labute approximate surface area is 131 Å². The van der Waals surface area contributed by atoms with Crippen molar-refractivity contribution in [3.05, 3.63) is 59.4 Å². The van der Waals surface area contributed by atoms with Crippen molar-refractivity contribution in [2.45, 2.75) is 32.8 Å². The van der Waals surface area contributed by atoms with E-state index >= 15 is 0 Å². The molecular formula is C17H20N2OS. The summed E-state index contributed by atoms with van der Waals surface area (Å²) in [5.74, 6) is 0.865. The van der Waals surface area contributed by atoms with E-state index in [1.807, 2.05) is 24.3 Å². The summed E-state index contributed by atoms with van der Waals surface area (Å²) >= 11 is 4.92. The minimum atomic E-state index is 0.303. The van der Waals surface area contributed by atoms with Crippen LogP contribution in [0, 0.1) is 0 Å². The number of ether oxygens (including phenoxy) is 1. The second-order valence-corrected chi connectivity index (χ2v) is 5.39. The van der Waals surface area contributed by atoms with Crippen LogP contribution in [0.4, 0.5) is 0 Å². The van der Waals surface area contributed by atoms with Crippen LogP contribution in [0.5, 0.6) is 5.75 Å². The number of pyridine rings is 1. The van der Waals surface area contributed by atoms with Crippen molar-refractivity contribution in [2.24, 2.45) is 5.73 Å². The predicted octanol–water partition coefficient (Wildman–Crippen LogP) is 3.64. The summed E-state index contributed by atoms with van der Waals surface area (Å²) in [4.78, 5) is 4.42. The highest BCUT2D eigenvalue weighted by molar-refractivity contribution is 7.80. The highest BCUT2D eigenvalue weighted by atomic mass is 32.1. The Morgan fingerprint density at radius 1 is 1.19 bits per heavy atom. The number of nitrogens with two attached hydrogens (primary N) is 1. The lowest BCUT2D eigenvalue weighted by atomic mass is 10.1. The van der Waals surface area contributed by atoms with E-state index in [1.165, 1.54) is 18.4 Å². The van der Waals surface area contributed by atoms with E-state index in [0.29, 0.717) is 17.3 Å². The molecule has 0 aliphatic heterocycles. The first-order valence-corrected chi connectivity index (χ1v) is 7.56. The first-order chi connectivity index (χ1) is 10.2. The summed E-state index contributed by atoms with van der Waals surface area (Å²) in [6.45, 7) is 2.68. The summed E-state index contributed by atoms with van der Waals surface area (Å²) in [6.07, 6.45) is 5.25. The maximum atomic E-state index is 5.77. The molecule has 1 aromatic carbocycles. The third-order valence-corrected chi connectivity index (χ3v) is 3.43. The molecule has 0 atom stereocenters. The van der Waals surface area contributed by atoms with Gasteiger partial charge in [-0.25, -0.2) is 0 Å². The van der Waals surface area contributed by atoms with Gasteiger partial charge in [-0.2, -0.15) is 0 Å². The molecule has 4 heteroatoms. The average Bonchev–Trinajstić information content (AvgIpc) is 2.52. The molecule has 0 aliphatic rings. The normalized spacial score (nSPS) is 10.3. The predicted molar refractivity (Wildman–Crippen MR) is 89.5 cm³/mol. The van der Waals surface area contributed by atoms with Gasteiger partial charge in [-0.3, -0.25) is 4.98 Å². The van der Waals surface area contributed by atoms with Crippen LogP contribution in [-0.4, -0.2) is 9.97 Å². The van der Waals surface area contributed by atoms with Crippen molar-refractivity contribution in [2.75, 3.05) is 0 Å². The van der Waals surface area contributed by atoms with Crippen molar-refractivity contribution in [3.8, 4) is 5.75 Å². The molecule has 1 aromatic heterocycles. The molecule has 0 saturated carbocycles. The highest BCUT2D eigenvalue weighted by Crippen LogP contribution is 2.15. The van der Waals surface area contributed by atoms with E-state index in [2.05, 4.69) is 24.0 Å². The molecule has 0 radical (unpaired) electrons. The minimum Gasteiger partial charge on any atom is -0.489 e. The van der Waals surface area contributed by atoms with Crippen LogP contribution in [0.3, 0.4) is 0 Å². The molecule has 3 nitrogen and oxygen atoms in total. The fraction of sp³-hybridized carbons (Fsp3) is 0.294. The Morgan fingerprint density at radius 3 is 2.62 bits per heavy atom. The lowest BCUT2D eigenvalue weighted by Gasteiger charge is -2.08. The lowest BCUT2D eigenvalue weighted by Crippen LogP contribution is -2.12. The molecule has 0 amide bonds. The number of benzene rings is 1. The number of hydrogen-bond donors (Lipinski definition) is 1. The maximum Gasteiger partial charge on any atom is 0.122 e. The van der Waals surface area contributed by atoms with Crippen LogP contribution in [0.2, 0.25) is 0 Å². The van der Waals surface area contributed by atoms with Gasteiger partial charge in [0.05, 0.1) is 5.69 Å². The molecule has 2 rings (SSSR count). The molecule has 21 heavy (non-hydrogen) atoms. The summed E-state index contributed by atoms with van der Waals surface area (Å²) in [5, 5.41) is 0. The first-order valence-electron chi connectivity index (χ1n) is 7.15. The molecule has 0 unspecified atom stereocenters. The quantitative estimate of drug-likeness (QED) is 0.793. The van der Waals surface area contributed by atoms with Gasteiger partial charge >= 0.3 is 0 Å². The smallest absolute Gasteiger partial charge is 0.122 e. The zero-order valence-corrected chi connectivity index (χ0v) is 13.0. The van der Waals surface area contributed by atoms with Gasteiger partial charge in [0.15, 0.2) is 0 Å². The molecule has 0 saturated heterocycles. The maximum absolute atomic E-state index is 5.77. The topological polar surface area (TPSA) is 48.1 Å². The van der Waals surface area contributed by atoms with Crippen molar-refractivity contribution in [1.29, 1.82) is 0 Å². The number of thiocarbonyl (C=S) groups is 1. The van der Waals surface area contributed by atoms with Crippen LogP contribution >= 0.6 is 12.2 Å².